The predicted molar refractivity (Wildman–Crippen MR) is 104 cm³/mol. The Morgan fingerprint density at radius 2 is 1.75 bits per heavy atom. The Bertz CT molecular complexity index is 1130. The van der Waals surface area contributed by atoms with Crippen molar-refractivity contribution in [3.63, 3.8) is 0 Å². The van der Waals surface area contributed by atoms with Gasteiger partial charge in [-0.05, 0) is 17.7 Å². The average Bonchev–Trinajstić information content (AvgIpc) is 3.15. The average molecular weight is 370 g/mol. The lowest BCUT2D eigenvalue weighted by molar-refractivity contribution is 0.0563. The second-order valence-corrected chi connectivity index (χ2v) is 7.01. The maximum atomic E-state index is 12.7. The number of benzene rings is 2. The van der Waals surface area contributed by atoms with E-state index in [2.05, 4.69) is 15.1 Å². The number of likely N-dealkylation sites (tertiary alicyclic amines) is 1. The van der Waals surface area contributed by atoms with Gasteiger partial charge in [0.05, 0.1) is 11.4 Å². The summed E-state index contributed by atoms with van der Waals surface area (Å²) in [4.78, 5) is 23.4. The minimum absolute atomic E-state index is 0.0639. The van der Waals surface area contributed by atoms with Gasteiger partial charge in [-0.3, -0.25) is 4.79 Å². The summed E-state index contributed by atoms with van der Waals surface area (Å²) in [5.74, 6) is 1.29. The summed E-state index contributed by atoms with van der Waals surface area (Å²) in [5.41, 5.74) is 2.43. The second-order valence-electron chi connectivity index (χ2n) is 7.01. The summed E-state index contributed by atoms with van der Waals surface area (Å²) in [5, 5.41) is 5.10. The van der Waals surface area contributed by atoms with Crippen LogP contribution in [-0.4, -0.2) is 39.0 Å². The zero-order valence-corrected chi connectivity index (χ0v) is 15.2. The molecule has 0 radical (unpaired) electrons. The number of rotatable bonds is 4. The maximum Gasteiger partial charge on any atom is 0.272 e. The summed E-state index contributed by atoms with van der Waals surface area (Å²) >= 11 is 0. The highest BCUT2D eigenvalue weighted by Crippen LogP contribution is 2.27. The summed E-state index contributed by atoms with van der Waals surface area (Å²) < 4.78 is 5.42. The molecule has 5 rings (SSSR count). The van der Waals surface area contributed by atoms with Crippen LogP contribution in [0.15, 0.2) is 71.3 Å². The van der Waals surface area contributed by atoms with E-state index in [9.17, 15) is 4.79 Å². The molecule has 0 N–H and O–H groups in total. The van der Waals surface area contributed by atoms with Crippen LogP contribution in [0.5, 0.6) is 0 Å². The number of carbonyl (C=O) groups is 1. The first-order valence-electron chi connectivity index (χ1n) is 9.28. The van der Waals surface area contributed by atoms with Gasteiger partial charge in [0.1, 0.15) is 5.69 Å². The van der Waals surface area contributed by atoms with Crippen LogP contribution in [0.2, 0.25) is 0 Å². The van der Waals surface area contributed by atoms with Gasteiger partial charge < -0.3 is 9.42 Å². The number of pyridine rings is 1. The van der Waals surface area contributed by atoms with Crippen LogP contribution in [0.4, 0.5) is 0 Å². The number of aromatic nitrogens is 3. The molecule has 0 saturated carbocycles. The fourth-order valence-electron chi connectivity index (χ4n) is 3.43. The molecule has 2 aromatic heterocycles. The van der Waals surface area contributed by atoms with Crippen LogP contribution in [0, 0.1) is 0 Å². The molecule has 0 bridgehead atoms. The Kier molecular flexibility index (Phi) is 4.09. The van der Waals surface area contributed by atoms with Gasteiger partial charge in [-0.15, -0.1) is 0 Å². The van der Waals surface area contributed by atoms with E-state index in [0.717, 1.165) is 16.5 Å². The SMILES string of the molecule is O=C(c1ccc2ccccc2n1)N1CC(c2nc(Cc3ccccc3)no2)C1. The molecule has 1 aliphatic rings. The van der Waals surface area contributed by atoms with Gasteiger partial charge in [0.15, 0.2) is 5.82 Å². The molecule has 1 aliphatic heterocycles. The topological polar surface area (TPSA) is 72.1 Å². The van der Waals surface area contributed by atoms with Gasteiger partial charge >= 0.3 is 0 Å². The third kappa shape index (κ3) is 3.13. The number of fused-ring (bicyclic) bond motifs is 1. The van der Waals surface area contributed by atoms with Crippen molar-refractivity contribution in [3.8, 4) is 0 Å². The molecular weight excluding hydrogens is 352 g/mol. The molecular formula is C22H18N4O2. The van der Waals surface area contributed by atoms with Gasteiger partial charge in [0.25, 0.3) is 5.91 Å². The first kappa shape index (κ1) is 16.6. The van der Waals surface area contributed by atoms with E-state index >= 15 is 0 Å². The van der Waals surface area contributed by atoms with Crippen LogP contribution in [0.3, 0.4) is 0 Å². The smallest absolute Gasteiger partial charge is 0.272 e. The molecule has 2 aromatic carbocycles. The quantitative estimate of drug-likeness (QED) is 0.550. The van der Waals surface area contributed by atoms with Crippen molar-refractivity contribution in [1.82, 2.24) is 20.0 Å². The van der Waals surface area contributed by atoms with Crippen molar-refractivity contribution in [2.75, 3.05) is 13.1 Å². The maximum absolute atomic E-state index is 12.7. The highest BCUT2D eigenvalue weighted by Gasteiger charge is 2.36. The van der Waals surface area contributed by atoms with Crippen LogP contribution >= 0.6 is 0 Å². The summed E-state index contributed by atoms with van der Waals surface area (Å²) in [6, 6.07) is 21.5. The van der Waals surface area contributed by atoms with Gasteiger partial charge in [0.2, 0.25) is 5.89 Å². The molecule has 4 aromatic rings. The summed E-state index contributed by atoms with van der Waals surface area (Å²) in [6.07, 6.45) is 0.640. The lowest BCUT2D eigenvalue weighted by Crippen LogP contribution is -2.48. The number of nitrogens with zero attached hydrogens (tertiary/aromatic N) is 4. The predicted octanol–water partition coefficient (Wildman–Crippen LogP) is 3.45. The van der Waals surface area contributed by atoms with E-state index in [1.54, 1.807) is 11.0 Å². The minimum atomic E-state index is -0.0639. The first-order valence-corrected chi connectivity index (χ1v) is 9.28. The van der Waals surface area contributed by atoms with Crippen molar-refractivity contribution in [2.45, 2.75) is 12.3 Å². The number of hydrogen-bond acceptors (Lipinski definition) is 5. The van der Waals surface area contributed by atoms with Gasteiger partial charge in [0, 0.05) is 24.9 Å². The Morgan fingerprint density at radius 3 is 2.61 bits per heavy atom. The third-order valence-electron chi connectivity index (χ3n) is 5.02. The van der Waals surface area contributed by atoms with E-state index in [0.29, 0.717) is 36.9 Å². The lowest BCUT2D eigenvalue weighted by atomic mass is 9.99. The van der Waals surface area contributed by atoms with Crippen LogP contribution in [0.25, 0.3) is 10.9 Å². The molecule has 6 nitrogen and oxygen atoms in total. The molecule has 3 heterocycles. The summed E-state index contributed by atoms with van der Waals surface area (Å²) in [7, 11) is 0. The van der Waals surface area contributed by atoms with E-state index in [4.69, 9.17) is 4.52 Å². The van der Waals surface area contributed by atoms with Gasteiger partial charge in [-0.25, -0.2) is 4.98 Å². The molecule has 1 amide bonds. The Balaban J connectivity index is 1.24. The van der Waals surface area contributed by atoms with E-state index in [1.165, 1.54) is 0 Å². The highest BCUT2D eigenvalue weighted by atomic mass is 16.5. The van der Waals surface area contributed by atoms with Crippen molar-refractivity contribution in [1.29, 1.82) is 0 Å². The van der Waals surface area contributed by atoms with Crippen molar-refractivity contribution in [2.24, 2.45) is 0 Å². The largest absolute Gasteiger partial charge is 0.339 e. The van der Waals surface area contributed by atoms with Gasteiger partial charge in [-0.2, -0.15) is 4.98 Å². The molecule has 1 fully saturated rings. The number of hydrogen-bond donors (Lipinski definition) is 0. The summed E-state index contributed by atoms with van der Waals surface area (Å²) in [6.45, 7) is 1.14. The zero-order chi connectivity index (χ0) is 18.9. The van der Waals surface area contributed by atoms with Crippen molar-refractivity contribution in [3.05, 3.63) is 89.7 Å². The monoisotopic (exact) mass is 370 g/mol. The third-order valence-corrected chi connectivity index (χ3v) is 5.02. The molecule has 0 unspecified atom stereocenters. The van der Waals surface area contributed by atoms with E-state index < -0.39 is 0 Å². The fraction of sp³-hybridized carbons (Fsp3) is 0.182. The molecule has 0 atom stereocenters. The van der Waals surface area contributed by atoms with E-state index in [1.807, 2.05) is 60.7 Å². The minimum Gasteiger partial charge on any atom is -0.339 e. The molecule has 138 valence electrons. The number of carbonyl (C=O) groups excluding carboxylic acids is 1. The Hall–Kier alpha value is -3.54. The first-order chi connectivity index (χ1) is 13.8. The molecule has 1 saturated heterocycles. The fourth-order valence-corrected chi connectivity index (χ4v) is 3.43. The van der Waals surface area contributed by atoms with Crippen LogP contribution < -0.4 is 0 Å². The Labute approximate surface area is 161 Å². The van der Waals surface area contributed by atoms with Crippen LogP contribution in [-0.2, 0) is 6.42 Å². The number of para-hydroxylation sites is 1. The lowest BCUT2D eigenvalue weighted by Gasteiger charge is -2.36. The van der Waals surface area contributed by atoms with Crippen LogP contribution in [0.1, 0.15) is 33.7 Å². The molecule has 0 spiro atoms. The van der Waals surface area contributed by atoms with Crippen molar-refractivity contribution < 1.29 is 9.32 Å². The Morgan fingerprint density at radius 1 is 0.964 bits per heavy atom. The second kappa shape index (κ2) is 6.88. The normalized spacial score (nSPS) is 14.2. The van der Waals surface area contributed by atoms with E-state index in [-0.39, 0.29) is 11.8 Å². The number of amides is 1. The standard InChI is InChI=1S/C22H18N4O2/c27-22(19-11-10-16-8-4-5-9-18(16)23-19)26-13-17(14-26)21-24-20(25-28-21)12-15-6-2-1-3-7-15/h1-11,17H,12-14H2. The molecule has 0 aliphatic carbocycles. The molecule has 6 heteroatoms. The zero-order valence-electron chi connectivity index (χ0n) is 15.2. The molecule has 28 heavy (non-hydrogen) atoms. The van der Waals surface area contributed by atoms with Crippen molar-refractivity contribution >= 4 is 16.8 Å². The highest BCUT2D eigenvalue weighted by molar-refractivity contribution is 5.95. The van der Waals surface area contributed by atoms with Gasteiger partial charge in [-0.1, -0.05) is 59.8 Å².